The van der Waals surface area contributed by atoms with Crippen LogP contribution in [0.2, 0.25) is 5.15 Å². The first-order chi connectivity index (χ1) is 13.6. The van der Waals surface area contributed by atoms with Crippen LogP contribution in [-0.2, 0) is 11.2 Å². The van der Waals surface area contributed by atoms with Crippen molar-refractivity contribution in [2.24, 2.45) is 0 Å². The van der Waals surface area contributed by atoms with E-state index in [1.807, 2.05) is 24.3 Å². The highest BCUT2D eigenvalue weighted by atomic mass is 35.5. The molecule has 0 atom stereocenters. The van der Waals surface area contributed by atoms with Gasteiger partial charge in [-0.2, -0.15) is 0 Å². The number of fused-ring (bicyclic) bond motifs is 1. The number of ketones is 1. The van der Waals surface area contributed by atoms with Gasteiger partial charge in [0, 0.05) is 35.5 Å². The van der Waals surface area contributed by atoms with Gasteiger partial charge in [-0.05, 0) is 36.4 Å². The molecule has 6 nitrogen and oxygen atoms in total. The third kappa shape index (κ3) is 3.97. The zero-order chi connectivity index (χ0) is 19.5. The average molecular weight is 395 g/mol. The van der Waals surface area contributed by atoms with Crippen LogP contribution in [0.5, 0.6) is 0 Å². The first-order valence-electron chi connectivity index (χ1n) is 8.63. The van der Waals surface area contributed by atoms with E-state index in [0.717, 1.165) is 5.39 Å². The van der Waals surface area contributed by atoms with Crippen molar-refractivity contribution in [1.29, 1.82) is 0 Å². The number of para-hydroxylation sites is 1. The summed E-state index contributed by atoms with van der Waals surface area (Å²) in [5, 5.41) is 7.48. The fraction of sp³-hybridized carbons (Fsp3) is 0.0952. The average Bonchev–Trinajstić information content (AvgIpc) is 3.32. The highest BCUT2D eigenvalue weighted by Crippen LogP contribution is 2.22. The fourth-order valence-corrected chi connectivity index (χ4v) is 2.96. The maximum atomic E-state index is 12.6. The molecular weight excluding hydrogens is 380 g/mol. The van der Waals surface area contributed by atoms with Crippen molar-refractivity contribution in [3.8, 4) is 0 Å². The lowest BCUT2D eigenvalue weighted by Crippen LogP contribution is -2.12. The third-order valence-corrected chi connectivity index (χ3v) is 4.39. The van der Waals surface area contributed by atoms with Gasteiger partial charge in [0.05, 0.1) is 0 Å². The summed E-state index contributed by atoms with van der Waals surface area (Å²) in [6.07, 6.45) is 0.624. The van der Waals surface area contributed by atoms with Crippen molar-refractivity contribution in [1.82, 2.24) is 5.16 Å². The molecule has 28 heavy (non-hydrogen) atoms. The molecule has 2 heterocycles. The molecule has 0 spiro atoms. The summed E-state index contributed by atoms with van der Waals surface area (Å²) in [6.45, 7) is 0. The lowest BCUT2D eigenvalue weighted by molar-refractivity contribution is -0.116. The highest BCUT2D eigenvalue weighted by molar-refractivity contribution is 6.29. The fourth-order valence-electron chi connectivity index (χ4n) is 2.81. The number of aryl methyl sites for hydroxylation is 1. The summed E-state index contributed by atoms with van der Waals surface area (Å²) >= 11 is 5.67. The molecule has 140 valence electrons. The topological polar surface area (TPSA) is 85.3 Å². The number of nitrogens with one attached hydrogen (secondary N) is 1. The molecule has 4 aromatic rings. The Bertz CT molecular complexity index is 1110. The molecule has 7 heteroatoms. The molecule has 0 saturated heterocycles. The molecule has 0 saturated carbocycles. The molecule has 0 bridgehead atoms. The molecule has 0 fully saturated rings. The SMILES string of the molecule is O=C(CCc1cc(Cl)no1)Nc1ccc(C(=O)c2cc3ccccc3o2)cc1. The summed E-state index contributed by atoms with van der Waals surface area (Å²) in [4.78, 5) is 24.6. The standard InChI is InChI=1S/C21H15ClN2O4/c22-19-12-16(28-24-19)9-10-20(25)23-15-7-5-13(6-8-15)21(26)18-11-14-3-1-2-4-17(14)27-18/h1-8,11-12H,9-10H2,(H,23,25). The number of halogens is 1. The summed E-state index contributed by atoms with van der Waals surface area (Å²) in [7, 11) is 0. The van der Waals surface area contributed by atoms with Gasteiger partial charge in [-0.1, -0.05) is 35.0 Å². The zero-order valence-corrected chi connectivity index (χ0v) is 15.4. The van der Waals surface area contributed by atoms with Gasteiger partial charge in [-0.3, -0.25) is 9.59 Å². The van der Waals surface area contributed by atoms with Gasteiger partial charge >= 0.3 is 0 Å². The van der Waals surface area contributed by atoms with Crippen LogP contribution in [0, 0.1) is 0 Å². The van der Waals surface area contributed by atoms with Crippen molar-refractivity contribution < 1.29 is 18.5 Å². The quantitative estimate of drug-likeness (QED) is 0.471. The van der Waals surface area contributed by atoms with E-state index in [0.29, 0.717) is 29.0 Å². The number of hydrogen-bond donors (Lipinski definition) is 1. The highest BCUT2D eigenvalue weighted by Gasteiger charge is 2.15. The van der Waals surface area contributed by atoms with Gasteiger partial charge in [0.15, 0.2) is 10.9 Å². The molecule has 0 aliphatic rings. The first-order valence-corrected chi connectivity index (χ1v) is 9.00. The zero-order valence-electron chi connectivity index (χ0n) is 14.6. The minimum absolute atomic E-state index is 0.177. The number of carbonyl (C=O) groups is 2. The first kappa shape index (κ1) is 18.0. The Morgan fingerprint density at radius 3 is 2.54 bits per heavy atom. The van der Waals surface area contributed by atoms with Crippen molar-refractivity contribution >= 4 is 39.9 Å². The summed E-state index contributed by atoms with van der Waals surface area (Å²) < 4.78 is 10.6. The Balaban J connectivity index is 1.38. The maximum absolute atomic E-state index is 12.6. The number of aromatic nitrogens is 1. The van der Waals surface area contributed by atoms with E-state index >= 15 is 0 Å². The van der Waals surface area contributed by atoms with Crippen molar-refractivity contribution in [3.05, 3.63) is 82.9 Å². The lowest BCUT2D eigenvalue weighted by atomic mass is 10.1. The monoisotopic (exact) mass is 394 g/mol. The van der Waals surface area contributed by atoms with Crippen LogP contribution in [0.1, 0.15) is 28.3 Å². The van der Waals surface area contributed by atoms with E-state index in [9.17, 15) is 9.59 Å². The van der Waals surface area contributed by atoms with Crippen LogP contribution < -0.4 is 5.32 Å². The number of hydrogen-bond acceptors (Lipinski definition) is 5. The number of anilines is 1. The number of nitrogens with zero attached hydrogens (tertiary/aromatic N) is 1. The second-order valence-electron chi connectivity index (χ2n) is 6.22. The van der Waals surface area contributed by atoms with Crippen LogP contribution in [0.4, 0.5) is 5.69 Å². The molecule has 1 amide bonds. The Labute approximate surface area is 165 Å². The van der Waals surface area contributed by atoms with Crippen LogP contribution in [0.25, 0.3) is 11.0 Å². The van der Waals surface area contributed by atoms with Gasteiger partial charge in [0.25, 0.3) is 0 Å². The van der Waals surface area contributed by atoms with Crippen LogP contribution in [-0.4, -0.2) is 16.8 Å². The van der Waals surface area contributed by atoms with E-state index in [1.165, 1.54) is 0 Å². The Morgan fingerprint density at radius 2 is 1.82 bits per heavy atom. The Morgan fingerprint density at radius 1 is 1.04 bits per heavy atom. The van der Waals surface area contributed by atoms with E-state index in [1.54, 1.807) is 36.4 Å². The molecular formula is C21H15ClN2O4. The van der Waals surface area contributed by atoms with Gasteiger partial charge in [0.1, 0.15) is 11.3 Å². The normalized spacial score (nSPS) is 10.9. The number of benzene rings is 2. The molecule has 0 aliphatic heterocycles. The maximum Gasteiger partial charge on any atom is 0.228 e. The van der Waals surface area contributed by atoms with Crippen molar-refractivity contribution in [2.45, 2.75) is 12.8 Å². The molecule has 1 N–H and O–H groups in total. The van der Waals surface area contributed by atoms with Crippen LogP contribution >= 0.6 is 11.6 Å². The number of carbonyl (C=O) groups excluding carboxylic acids is 2. The second-order valence-corrected chi connectivity index (χ2v) is 6.61. The summed E-state index contributed by atoms with van der Waals surface area (Å²) in [5.41, 5.74) is 1.75. The van der Waals surface area contributed by atoms with E-state index < -0.39 is 0 Å². The van der Waals surface area contributed by atoms with Crippen LogP contribution in [0.15, 0.2) is 69.6 Å². The summed E-state index contributed by atoms with van der Waals surface area (Å²) in [5.74, 6) is 0.441. The van der Waals surface area contributed by atoms with Gasteiger partial charge in [-0.25, -0.2) is 0 Å². The number of furan rings is 1. The van der Waals surface area contributed by atoms with Gasteiger partial charge in [0.2, 0.25) is 11.7 Å². The van der Waals surface area contributed by atoms with Crippen LogP contribution in [0.3, 0.4) is 0 Å². The van der Waals surface area contributed by atoms with E-state index in [-0.39, 0.29) is 29.0 Å². The van der Waals surface area contributed by atoms with E-state index in [4.69, 9.17) is 20.5 Å². The predicted molar refractivity (Wildman–Crippen MR) is 105 cm³/mol. The molecule has 0 radical (unpaired) electrons. The molecule has 0 aliphatic carbocycles. The minimum atomic E-state index is -0.212. The largest absolute Gasteiger partial charge is 0.453 e. The number of rotatable bonds is 6. The minimum Gasteiger partial charge on any atom is -0.453 e. The molecule has 0 unspecified atom stereocenters. The summed E-state index contributed by atoms with van der Waals surface area (Å²) in [6, 6.07) is 17.4. The molecule has 2 aromatic heterocycles. The second kappa shape index (κ2) is 7.70. The predicted octanol–water partition coefficient (Wildman–Crippen LogP) is 4.88. The van der Waals surface area contributed by atoms with Gasteiger partial charge in [-0.15, -0.1) is 0 Å². The van der Waals surface area contributed by atoms with Crippen molar-refractivity contribution in [2.75, 3.05) is 5.32 Å². The smallest absolute Gasteiger partial charge is 0.228 e. The van der Waals surface area contributed by atoms with Gasteiger partial charge < -0.3 is 14.3 Å². The molecule has 2 aromatic carbocycles. The Kier molecular flexibility index (Phi) is 4.95. The van der Waals surface area contributed by atoms with Crippen molar-refractivity contribution in [3.63, 3.8) is 0 Å². The third-order valence-electron chi connectivity index (χ3n) is 4.21. The number of amides is 1. The lowest BCUT2D eigenvalue weighted by Gasteiger charge is -2.05. The Hall–Kier alpha value is -3.38. The van der Waals surface area contributed by atoms with E-state index in [2.05, 4.69) is 10.5 Å². The molecule has 4 rings (SSSR count).